The molecule has 1 aromatic heterocycles. The highest BCUT2D eigenvalue weighted by Crippen LogP contribution is 2.22. The number of aromatic nitrogens is 2. The second kappa shape index (κ2) is 7.35. The van der Waals surface area contributed by atoms with Gasteiger partial charge in [-0.15, -0.1) is 0 Å². The highest BCUT2D eigenvalue weighted by Gasteiger charge is 2.22. The van der Waals surface area contributed by atoms with E-state index in [4.69, 9.17) is 0 Å². The lowest BCUT2D eigenvalue weighted by molar-refractivity contribution is 0.172. The highest BCUT2D eigenvalue weighted by atomic mass is 15.4. The molecule has 25 heavy (non-hydrogen) atoms. The summed E-state index contributed by atoms with van der Waals surface area (Å²) in [5, 5.41) is 7.72. The summed E-state index contributed by atoms with van der Waals surface area (Å²) in [5.41, 5.74) is 1.93. The summed E-state index contributed by atoms with van der Waals surface area (Å²) in [5.74, 6) is 1.37. The SMILES string of the molecule is Cc1nc(NC2=NCN(C3CCCCCC3)CN2)nc2ccccc12. The van der Waals surface area contributed by atoms with Gasteiger partial charge in [0.1, 0.15) is 0 Å². The van der Waals surface area contributed by atoms with Crippen molar-refractivity contribution in [1.29, 1.82) is 0 Å². The van der Waals surface area contributed by atoms with Crippen molar-refractivity contribution in [2.75, 3.05) is 18.7 Å². The van der Waals surface area contributed by atoms with E-state index < -0.39 is 0 Å². The van der Waals surface area contributed by atoms with Gasteiger partial charge in [-0.3, -0.25) is 10.2 Å². The van der Waals surface area contributed by atoms with Crippen LogP contribution in [0.3, 0.4) is 0 Å². The predicted octanol–water partition coefficient (Wildman–Crippen LogP) is 3.25. The minimum atomic E-state index is 0.602. The maximum absolute atomic E-state index is 4.66. The van der Waals surface area contributed by atoms with E-state index in [2.05, 4.69) is 36.6 Å². The van der Waals surface area contributed by atoms with Crippen molar-refractivity contribution in [1.82, 2.24) is 20.2 Å². The lowest BCUT2D eigenvalue weighted by Crippen LogP contribution is -2.49. The van der Waals surface area contributed by atoms with Crippen LogP contribution in [0.5, 0.6) is 0 Å². The van der Waals surface area contributed by atoms with Gasteiger partial charge >= 0.3 is 0 Å². The normalized spacial score (nSPS) is 20.0. The fourth-order valence-corrected chi connectivity index (χ4v) is 3.79. The monoisotopic (exact) mass is 338 g/mol. The average molecular weight is 338 g/mol. The summed E-state index contributed by atoms with van der Waals surface area (Å²) in [6.07, 6.45) is 8.05. The van der Waals surface area contributed by atoms with Crippen LogP contribution in [0.2, 0.25) is 0 Å². The highest BCUT2D eigenvalue weighted by molar-refractivity contribution is 5.93. The molecule has 6 heteroatoms. The third-order valence-corrected chi connectivity index (χ3v) is 5.23. The Hall–Kier alpha value is -2.21. The Kier molecular flexibility index (Phi) is 4.78. The maximum Gasteiger partial charge on any atom is 0.230 e. The van der Waals surface area contributed by atoms with Gasteiger partial charge in [-0.2, -0.15) is 0 Å². The molecular formula is C19H26N6. The molecule has 2 heterocycles. The van der Waals surface area contributed by atoms with Crippen LogP contribution in [0.25, 0.3) is 10.9 Å². The number of hydrogen-bond acceptors (Lipinski definition) is 6. The Morgan fingerprint density at radius 3 is 2.64 bits per heavy atom. The molecule has 2 aromatic rings. The van der Waals surface area contributed by atoms with Crippen molar-refractivity contribution < 1.29 is 0 Å². The van der Waals surface area contributed by atoms with Gasteiger partial charge < -0.3 is 5.32 Å². The number of hydrogen-bond donors (Lipinski definition) is 2. The van der Waals surface area contributed by atoms with Crippen molar-refractivity contribution in [2.24, 2.45) is 4.99 Å². The number of guanidine groups is 1. The lowest BCUT2D eigenvalue weighted by Gasteiger charge is -2.33. The summed E-state index contributed by atoms with van der Waals surface area (Å²) in [6, 6.07) is 8.74. The van der Waals surface area contributed by atoms with Gasteiger partial charge in [0.15, 0.2) is 0 Å². The van der Waals surface area contributed by atoms with Gasteiger partial charge in [0, 0.05) is 11.4 Å². The Morgan fingerprint density at radius 2 is 1.88 bits per heavy atom. The van der Waals surface area contributed by atoms with E-state index >= 15 is 0 Å². The zero-order chi connectivity index (χ0) is 17.1. The molecule has 0 unspecified atom stereocenters. The standard InChI is InChI=1S/C19H26N6/c1-14-16-10-6-7-11-17(16)23-19(22-14)24-18-20-12-25(13-21-18)15-8-4-2-3-5-9-15/h6-7,10-11,15H,2-5,8-9,12-13H2,1H3,(H2,20,21,22,23,24). The Morgan fingerprint density at radius 1 is 1.08 bits per heavy atom. The zero-order valence-electron chi connectivity index (χ0n) is 14.8. The number of fused-ring (bicyclic) bond motifs is 1. The molecule has 0 saturated heterocycles. The van der Waals surface area contributed by atoms with Gasteiger partial charge in [-0.05, 0) is 25.8 Å². The number of nitrogens with one attached hydrogen (secondary N) is 2. The number of nitrogens with zero attached hydrogens (tertiary/aromatic N) is 4. The van der Waals surface area contributed by atoms with Crippen molar-refractivity contribution in [3.05, 3.63) is 30.0 Å². The maximum atomic E-state index is 4.66. The minimum absolute atomic E-state index is 0.602. The van der Waals surface area contributed by atoms with Gasteiger partial charge in [0.2, 0.25) is 11.9 Å². The van der Waals surface area contributed by atoms with Crippen LogP contribution in [0.1, 0.15) is 44.2 Å². The molecule has 0 atom stereocenters. The van der Waals surface area contributed by atoms with Crippen LogP contribution >= 0.6 is 0 Å². The lowest BCUT2D eigenvalue weighted by atomic mass is 10.1. The van der Waals surface area contributed by atoms with E-state index in [1.807, 2.05) is 25.1 Å². The van der Waals surface area contributed by atoms with Crippen molar-refractivity contribution in [3.63, 3.8) is 0 Å². The fourth-order valence-electron chi connectivity index (χ4n) is 3.79. The van der Waals surface area contributed by atoms with Crippen LogP contribution in [0.4, 0.5) is 5.95 Å². The summed E-state index contributed by atoms with van der Waals surface area (Å²) in [6.45, 7) is 3.59. The number of aliphatic imine (C=N–C) groups is 1. The van der Waals surface area contributed by atoms with Crippen LogP contribution < -0.4 is 10.6 Å². The van der Waals surface area contributed by atoms with Gasteiger partial charge in [-0.1, -0.05) is 43.9 Å². The Balaban J connectivity index is 1.43. The Labute approximate surface area is 148 Å². The molecule has 1 aliphatic carbocycles. The molecule has 2 N–H and O–H groups in total. The predicted molar refractivity (Wildman–Crippen MR) is 102 cm³/mol. The first-order valence-electron chi connectivity index (χ1n) is 9.32. The van der Waals surface area contributed by atoms with Crippen LogP contribution in [0.15, 0.2) is 29.3 Å². The van der Waals surface area contributed by atoms with Crippen LogP contribution in [-0.4, -0.2) is 40.2 Å². The summed E-state index contributed by atoms with van der Waals surface area (Å²) < 4.78 is 0. The number of aryl methyl sites for hydroxylation is 1. The molecule has 0 bridgehead atoms. The quantitative estimate of drug-likeness (QED) is 0.823. The number of benzene rings is 1. The number of anilines is 1. The first-order chi connectivity index (χ1) is 12.3. The molecule has 1 fully saturated rings. The molecule has 4 rings (SSSR count). The average Bonchev–Trinajstić information content (AvgIpc) is 2.92. The first-order valence-corrected chi connectivity index (χ1v) is 9.32. The van der Waals surface area contributed by atoms with Crippen molar-refractivity contribution in [2.45, 2.75) is 51.5 Å². The molecule has 6 nitrogen and oxygen atoms in total. The van der Waals surface area contributed by atoms with Gasteiger partial charge in [0.25, 0.3) is 0 Å². The minimum Gasteiger partial charge on any atom is -0.343 e. The number of para-hydroxylation sites is 1. The zero-order valence-corrected chi connectivity index (χ0v) is 14.8. The van der Waals surface area contributed by atoms with E-state index in [0.717, 1.165) is 35.9 Å². The van der Waals surface area contributed by atoms with Crippen molar-refractivity contribution >= 4 is 22.8 Å². The molecule has 132 valence electrons. The van der Waals surface area contributed by atoms with Crippen LogP contribution in [0, 0.1) is 6.92 Å². The van der Waals surface area contributed by atoms with E-state index in [1.165, 1.54) is 38.5 Å². The topological polar surface area (TPSA) is 65.4 Å². The first kappa shape index (κ1) is 16.3. The largest absolute Gasteiger partial charge is 0.343 e. The van der Waals surface area contributed by atoms with Crippen molar-refractivity contribution in [3.8, 4) is 0 Å². The third-order valence-electron chi connectivity index (χ3n) is 5.23. The second-order valence-electron chi connectivity index (χ2n) is 6.99. The molecule has 1 aliphatic heterocycles. The van der Waals surface area contributed by atoms with Crippen LogP contribution in [-0.2, 0) is 0 Å². The fraction of sp³-hybridized carbons (Fsp3) is 0.526. The van der Waals surface area contributed by atoms with E-state index in [1.54, 1.807) is 0 Å². The smallest absolute Gasteiger partial charge is 0.230 e. The van der Waals surface area contributed by atoms with E-state index in [-0.39, 0.29) is 0 Å². The second-order valence-corrected chi connectivity index (χ2v) is 6.99. The molecule has 0 spiro atoms. The molecular weight excluding hydrogens is 312 g/mol. The molecule has 2 aliphatic rings. The molecule has 0 radical (unpaired) electrons. The van der Waals surface area contributed by atoms with E-state index in [0.29, 0.717) is 12.0 Å². The molecule has 0 amide bonds. The van der Waals surface area contributed by atoms with Gasteiger partial charge in [0.05, 0.1) is 24.5 Å². The summed E-state index contributed by atoms with van der Waals surface area (Å²) in [4.78, 5) is 16.3. The van der Waals surface area contributed by atoms with E-state index in [9.17, 15) is 0 Å². The summed E-state index contributed by atoms with van der Waals surface area (Å²) in [7, 11) is 0. The Bertz CT molecular complexity index is 764. The molecule has 1 aromatic carbocycles. The van der Waals surface area contributed by atoms with Gasteiger partial charge in [-0.25, -0.2) is 15.0 Å². The number of rotatable bonds is 2. The summed E-state index contributed by atoms with van der Waals surface area (Å²) >= 11 is 0. The third kappa shape index (κ3) is 3.74. The molecule has 1 saturated carbocycles.